The van der Waals surface area contributed by atoms with Crippen LogP contribution in [0.5, 0.6) is 0 Å². The molecule has 1 aliphatic heterocycles. The van der Waals surface area contributed by atoms with Crippen LogP contribution in [-0.4, -0.2) is 41.6 Å². The van der Waals surface area contributed by atoms with Crippen LogP contribution in [0.3, 0.4) is 0 Å². The number of Topliss-reactive ketones (excluding diaryl/α,β-unsaturated/α-hetero) is 2. The minimum Gasteiger partial charge on any atom is -0.356 e. The summed E-state index contributed by atoms with van der Waals surface area (Å²) >= 11 is 0. The summed E-state index contributed by atoms with van der Waals surface area (Å²) in [7, 11) is 1.85. The van der Waals surface area contributed by atoms with Gasteiger partial charge in [-0.1, -0.05) is 6.42 Å². The zero-order valence-electron chi connectivity index (χ0n) is 11.3. The van der Waals surface area contributed by atoms with Crippen molar-refractivity contribution < 1.29 is 14.4 Å². The number of terminal acetylenes is 1. The average Bonchev–Trinajstić information content (AvgIpc) is 2.64. The molecular formula is C13H20N2O3. The largest absolute Gasteiger partial charge is 0.356 e. The van der Waals surface area contributed by atoms with E-state index in [4.69, 9.17) is 11.3 Å². The standard InChI is InChI=1S/C13H20N2O3/c1-6-18-14-8(2)13-11(9(3)16)7-12(10(4)17)15(13)5/h1,8,11-14H,7H2,2-5H3. The number of hydrogen-bond acceptors (Lipinski definition) is 5. The molecule has 0 spiro atoms. The SMILES string of the molecule is C#CONC(C)C1C(C(C)=O)CC(C(C)=O)N1C. The first kappa shape index (κ1) is 14.7. The van der Waals surface area contributed by atoms with E-state index < -0.39 is 0 Å². The van der Waals surface area contributed by atoms with Crippen LogP contribution in [0.2, 0.25) is 0 Å². The summed E-state index contributed by atoms with van der Waals surface area (Å²) in [4.78, 5) is 29.9. The Kier molecular flexibility index (Phi) is 4.88. The Morgan fingerprint density at radius 2 is 2.06 bits per heavy atom. The molecule has 4 unspecified atom stereocenters. The molecule has 1 saturated heterocycles. The molecule has 1 heterocycles. The summed E-state index contributed by atoms with van der Waals surface area (Å²) in [6, 6.07) is -0.437. The van der Waals surface area contributed by atoms with Crippen LogP contribution in [0.1, 0.15) is 27.2 Å². The average molecular weight is 252 g/mol. The van der Waals surface area contributed by atoms with Gasteiger partial charge in [0.05, 0.1) is 12.1 Å². The number of hydrogen-bond donors (Lipinski definition) is 1. The summed E-state index contributed by atoms with van der Waals surface area (Å²) in [6.45, 7) is 5.00. The van der Waals surface area contributed by atoms with Crippen molar-refractivity contribution in [2.24, 2.45) is 5.92 Å². The van der Waals surface area contributed by atoms with Gasteiger partial charge >= 0.3 is 0 Å². The number of likely N-dealkylation sites (N-methyl/N-ethyl adjacent to an activating group) is 1. The number of hydroxylamine groups is 1. The lowest BCUT2D eigenvalue weighted by molar-refractivity contribution is -0.122. The van der Waals surface area contributed by atoms with Crippen LogP contribution in [0.4, 0.5) is 0 Å². The van der Waals surface area contributed by atoms with Crippen molar-refractivity contribution in [3.05, 3.63) is 0 Å². The van der Waals surface area contributed by atoms with E-state index in [9.17, 15) is 9.59 Å². The van der Waals surface area contributed by atoms with E-state index in [1.165, 1.54) is 0 Å². The molecule has 0 aromatic carbocycles. The highest BCUT2D eigenvalue weighted by molar-refractivity contribution is 5.85. The number of ketones is 2. The van der Waals surface area contributed by atoms with Gasteiger partial charge in [-0.3, -0.25) is 14.5 Å². The van der Waals surface area contributed by atoms with Gasteiger partial charge in [-0.25, -0.2) is 0 Å². The molecule has 4 atom stereocenters. The molecule has 1 fully saturated rings. The van der Waals surface area contributed by atoms with Crippen LogP contribution >= 0.6 is 0 Å². The first-order valence-electron chi connectivity index (χ1n) is 6.00. The van der Waals surface area contributed by atoms with Crippen molar-refractivity contribution in [3.63, 3.8) is 0 Å². The Bertz CT molecular complexity index is 375. The molecule has 0 bridgehead atoms. The zero-order valence-corrected chi connectivity index (χ0v) is 11.3. The summed E-state index contributed by atoms with van der Waals surface area (Å²) < 4.78 is 0. The second kappa shape index (κ2) is 5.98. The highest BCUT2D eigenvalue weighted by Crippen LogP contribution is 2.31. The predicted molar refractivity (Wildman–Crippen MR) is 67.3 cm³/mol. The zero-order chi connectivity index (χ0) is 13.9. The molecule has 0 saturated carbocycles. The summed E-state index contributed by atoms with van der Waals surface area (Å²) in [6.07, 6.45) is 7.61. The Labute approximate surface area is 108 Å². The van der Waals surface area contributed by atoms with Crippen molar-refractivity contribution in [1.82, 2.24) is 10.4 Å². The van der Waals surface area contributed by atoms with Gasteiger partial charge in [0.15, 0.2) is 0 Å². The van der Waals surface area contributed by atoms with Crippen LogP contribution in [0.25, 0.3) is 0 Å². The third-order valence-corrected chi connectivity index (χ3v) is 3.66. The minimum atomic E-state index is -0.209. The van der Waals surface area contributed by atoms with Crippen LogP contribution in [0.15, 0.2) is 0 Å². The van der Waals surface area contributed by atoms with Crippen LogP contribution in [-0.2, 0) is 14.4 Å². The summed E-state index contributed by atoms with van der Waals surface area (Å²) in [5.41, 5.74) is 2.71. The predicted octanol–water partition coefficient (Wildman–Crippen LogP) is 0.354. The lowest BCUT2D eigenvalue weighted by atomic mass is 9.91. The molecule has 0 radical (unpaired) electrons. The highest BCUT2D eigenvalue weighted by Gasteiger charge is 2.45. The second-order valence-corrected chi connectivity index (χ2v) is 4.86. The maximum atomic E-state index is 11.7. The highest BCUT2D eigenvalue weighted by atomic mass is 16.6. The molecule has 18 heavy (non-hydrogen) atoms. The maximum Gasteiger partial charge on any atom is 0.146 e. The number of rotatable bonds is 5. The third-order valence-electron chi connectivity index (χ3n) is 3.66. The quantitative estimate of drug-likeness (QED) is 0.565. The normalized spacial score (nSPS) is 29.6. The molecule has 5 nitrogen and oxygen atoms in total. The van der Waals surface area contributed by atoms with E-state index >= 15 is 0 Å². The van der Waals surface area contributed by atoms with Crippen molar-refractivity contribution in [2.45, 2.75) is 45.3 Å². The fourth-order valence-electron chi connectivity index (χ4n) is 2.79. The Hall–Kier alpha value is -1.38. The van der Waals surface area contributed by atoms with Crippen LogP contribution in [0, 0.1) is 18.4 Å². The number of nitrogens with one attached hydrogen (secondary N) is 1. The maximum absolute atomic E-state index is 11.7. The Morgan fingerprint density at radius 3 is 2.50 bits per heavy atom. The minimum absolute atomic E-state index is 0.0799. The number of carbonyl (C=O) groups excluding carboxylic acids is 2. The molecule has 0 amide bonds. The number of nitrogens with zero attached hydrogens (tertiary/aromatic N) is 1. The van der Waals surface area contributed by atoms with E-state index in [2.05, 4.69) is 5.48 Å². The van der Waals surface area contributed by atoms with Gasteiger partial charge in [0.25, 0.3) is 0 Å². The topological polar surface area (TPSA) is 58.6 Å². The monoisotopic (exact) mass is 252 g/mol. The van der Waals surface area contributed by atoms with E-state index in [0.717, 1.165) is 0 Å². The lowest BCUT2D eigenvalue weighted by Gasteiger charge is -2.30. The molecule has 0 aromatic heterocycles. The molecular weight excluding hydrogens is 232 g/mol. The summed E-state index contributed by atoms with van der Waals surface area (Å²) in [5, 5.41) is 0. The molecule has 1 aliphatic rings. The van der Waals surface area contributed by atoms with Gasteiger partial charge in [-0.05, 0) is 34.2 Å². The third kappa shape index (κ3) is 2.89. The lowest BCUT2D eigenvalue weighted by Crippen LogP contribution is -2.49. The van der Waals surface area contributed by atoms with Crippen molar-refractivity contribution in [2.75, 3.05) is 7.05 Å². The van der Waals surface area contributed by atoms with Crippen molar-refractivity contribution in [3.8, 4) is 12.5 Å². The van der Waals surface area contributed by atoms with Crippen molar-refractivity contribution >= 4 is 11.6 Å². The van der Waals surface area contributed by atoms with Gasteiger partial charge in [0.1, 0.15) is 17.7 Å². The van der Waals surface area contributed by atoms with Gasteiger partial charge in [0.2, 0.25) is 0 Å². The van der Waals surface area contributed by atoms with Gasteiger partial charge < -0.3 is 4.84 Å². The van der Waals surface area contributed by atoms with Gasteiger partial charge in [0, 0.05) is 12.0 Å². The van der Waals surface area contributed by atoms with Gasteiger partial charge in [-0.2, -0.15) is 0 Å². The molecule has 0 aliphatic carbocycles. The van der Waals surface area contributed by atoms with E-state index in [0.29, 0.717) is 6.42 Å². The summed E-state index contributed by atoms with van der Waals surface area (Å²) in [5.74, 6) is -0.00551. The number of carbonyl (C=O) groups is 2. The Morgan fingerprint density at radius 1 is 1.44 bits per heavy atom. The fourth-order valence-corrected chi connectivity index (χ4v) is 2.79. The molecule has 0 aromatic rings. The van der Waals surface area contributed by atoms with E-state index in [1.54, 1.807) is 13.8 Å². The first-order chi connectivity index (χ1) is 8.40. The molecule has 1 N–H and O–H groups in total. The first-order valence-corrected chi connectivity index (χ1v) is 6.00. The number of likely N-dealkylation sites (tertiary alicyclic amines) is 1. The van der Waals surface area contributed by atoms with E-state index in [1.807, 2.05) is 25.0 Å². The van der Waals surface area contributed by atoms with Gasteiger partial charge in [-0.15, -0.1) is 5.48 Å². The molecule has 5 heteroatoms. The smallest absolute Gasteiger partial charge is 0.146 e. The van der Waals surface area contributed by atoms with Crippen LogP contribution < -0.4 is 5.48 Å². The van der Waals surface area contributed by atoms with E-state index in [-0.39, 0.29) is 35.6 Å². The second-order valence-electron chi connectivity index (χ2n) is 4.86. The molecule has 1 rings (SSSR count). The molecule has 100 valence electrons. The fraction of sp³-hybridized carbons (Fsp3) is 0.692. The Balaban J connectivity index is 2.87. The van der Waals surface area contributed by atoms with Crippen molar-refractivity contribution in [1.29, 1.82) is 0 Å².